The molecular formula is C20H21Cl2NO3S. The van der Waals surface area contributed by atoms with Gasteiger partial charge in [-0.15, -0.1) is 11.8 Å². The summed E-state index contributed by atoms with van der Waals surface area (Å²) in [6, 6.07) is 10.7. The molecule has 144 valence electrons. The van der Waals surface area contributed by atoms with Gasteiger partial charge < -0.3 is 10.1 Å². The minimum atomic E-state index is -0.0493. The number of methoxy groups -OCH3 is 1. The molecule has 0 aliphatic heterocycles. The number of benzene rings is 2. The van der Waals surface area contributed by atoms with E-state index < -0.39 is 0 Å². The molecule has 0 aliphatic rings. The lowest BCUT2D eigenvalue weighted by Crippen LogP contribution is -2.27. The first-order valence-corrected chi connectivity index (χ1v) is 10.3. The summed E-state index contributed by atoms with van der Waals surface area (Å²) in [4.78, 5) is 23.5. The van der Waals surface area contributed by atoms with Crippen LogP contribution in [-0.2, 0) is 17.0 Å². The summed E-state index contributed by atoms with van der Waals surface area (Å²) >= 11 is 13.5. The number of ketones is 1. The Morgan fingerprint density at radius 2 is 1.89 bits per heavy atom. The van der Waals surface area contributed by atoms with Gasteiger partial charge in [-0.2, -0.15) is 0 Å². The summed E-state index contributed by atoms with van der Waals surface area (Å²) in [6.45, 7) is 2.03. The first-order valence-electron chi connectivity index (χ1n) is 8.37. The average molecular weight is 426 g/mol. The molecule has 2 rings (SSSR count). The van der Waals surface area contributed by atoms with Crippen molar-refractivity contribution >= 4 is 46.7 Å². The number of amides is 1. The van der Waals surface area contributed by atoms with E-state index in [9.17, 15) is 9.59 Å². The van der Waals surface area contributed by atoms with E-state index in [1.807, 2.05) is 12.1 Å². The molecule has 0 fully saturated rings. The molecule has 0 spiro atoms. The second kappa shape index (κ2) is 10.6. The highest BCUT2D eigenvalue weighted by molar-refractivity contribution is 7.99. The van der Waals surface area contributed by atoms with Gasteiger partial charge in [0.25, 0.3) is 0 Å². The highest BCUT2D eigenvalue weighted by Crippen LogP contribution is 2.25. The summed E-state index contributed by atoms with van der Waals surface area (Å²) < 4.78 is 5.32. The first kappa shape index (κ1) is 21.6. The largest absolute Gasteiger partial charge is 0.496 e. The predicted octanol–water partition coefficient (Wildman–Crippen LogP) is 4.80. The number of thioether (sulfide) groups is 1. The lowest BCUT2D eigenvalue weighted by Gasteiger charge is -2.10. The quantitative estimate of drug-likeness (QED) is 0.586. The van der Waals surface area contributed by atoms with Gasteiger partial charge in [-0.25, -0.2) is 0 Å². The molecule has 0 aromatic heterocycles. The van der Waals surface area contributed by atoms with Crippen molar-refractivity contribution < 1.29 is 14.3 Å². The Morgan fingerprint density at radius 1 is 1.11 bits per heavy atom. The van der Waals surface area contributed by atoms with E-state index in [-0.39, 0.29) is 11.7 Å². The number of Topliss-reactive ketones (excluding diaryl/α,β-unsaturated/α-hetero) is 1. The van der Waals surface area contributed by atoms with E-state index in [2.05, 4.69) is 5.32 Å². The molecule has 7 heteroatoms. The van der Waals surface area contributed by atoms with Crippen molar-refractivity contribution in [2.45, 2.75) is 19.1 Å². The summed E-state index contributed by atoms with van der Waals surface area (Å²) in [5, 5.41) is 4.07. The molecule has 0 unspecified atom stereocenters. The number of carbonyl (C=O) groups excluding carboxylic acids is 2. The highest BCUT2D eigenvalue weighted by atomic mass is 35.5. The van der Waals surface area contributed by atoms with Crippen molar-refractivity contribution in [1.29, 1.82) is 0 Å². The van der Waals surface area contributed by atoms with Crippen molar-refractivity contribution in [3.05, 3.63) is 63.1 Å². The van der Waals surface area contributed by atoms with Crippen LogP contribution in [0.15, 0.2) is 36.4 Å². The molecule has 27 heavy (non-hydrogen) atoms. The predicted molar refractivity (Wildman–Crippen MR) is 112 cm³/mol. The lowest BCUT2D eigenvalue weighted by atomic mass is 10.1. The van der Waals surface area contributed by atoms with Gasteiger partial charge in [-0.05, 0) is 49.2 Å². The number of hydrogen-bond donors (Lipinski definition) is 1. The van der Waals surface area contributed by atoms with E-state index in [1.54, 1.807) is 31.4 Å². The fourth-order valence-electron chi connectivity index (χ4n) is 2.48. The van der Waals surface area contributed by atoms with Gasteiger partial charge in [0.1, 0.15) is 5.75 Å². The van der Waals surface area contributed by atoms with Crippen molar-refractivity contribution in [3.63, 3.8) is 0 Å². The zero-order chi connectivity index (χ0) is 19.8. The normalized spacial score (nSPS) is 10.5. The van der Waals surface area contributed by atoms with Gasteiger partial charge >= 0.3 is 0 Å². The molecule has 0 radical (unpaired) electrons. The first-order chi connectivity index (χ1) is 12.9. The summed E-state index contributed by atoms with van der Waals surface area (Å²) in [7, 11) is 1.59. The van der Waals surface area contributed by atoms with Crippen LogP contribution in [0, 0.1) is 0 Å². The molecule has 0 atom stereocenters. The maximum Gasteiger partial charge on any atom is 0.230 e. The van der Waals surface area contributed by atoms with Crippen LogP contribution >= 0.6 is 35.0 Å². The number of hydrogen-bond acceptors (Lipinski definition) is 4. The van der Waals surface area contributed by atoms with Crippen LogP contribution in [0.2, 0.25) is 10.0 Å². The smallest absolute Gasteiger partial charge is 0.230 e. The SMILES string of the molecule is COc1ccc(C(C)=O)cc1CSCC(=O)NCCc1ccc(Cl)cc1Cl. The Bertz CT molecular complexity index is 827. The van der Waals surface area contributed by atoms with E-state index in [0.29, 0.717) is 45.8 Å². The molecule has 1 amide bonds. The minimum absolute atomic E-state index is 0.00232. The van der Waals surface area contributed by atoms with Crippen LogP contribution in [0.4, 0.5) is 0 Å². The fraction of sp³-hybridized carbons (Fsp3) is 0.300. The van der Waals surface area contributed by atoms with Gasteiger partial charge in [0.05, 0.1) is 12.9 Å². The molecule has 0 heterocycles. The lowest BCUT2D eigenvalue weighted by molar-refractivity contribution is -0.118. The van der Waals surface area contributed by atoms with E-state index in [0.717, 1.165) is 11.1 Å². The van der Waals surface area contributed by atoms with Crippen molar-refractivity contribution in [1.82, 2.24) is 5.32 Å². The van der Waals surface area contributed by atoms with Crippen LogP contribution < -0.4 is 10.1 Å². The van der Waals surface area contributed by atoms with Crippen LogP contribution in [0.5, 0.6) is 5.75 Å². The Labute approximate surface area is 173 Å². The van der Waals surface area contributed by atoms with Gasteiger partial charge in [0.2, 0.25) is 5.91 Å². The van der Waals surface area contributed by atoms with E-state index in [4.69, 9.17) is 27.9 Å². The number of rotatable bonds is 9. The summed E-state index contributed by atoms with van der Waals surface area (Å²) in [5.74, 6) is 1.57. The van der Waals surface area contributed by atoms with E-state index >= 15 is 0 Å². The molecular weight excluding hydrogens is 405 g/mol. The number of carbonyl (C=O) groups is 2. The van der Waals surface area contributed by atoms with Crippen molar-refractivity contribution in [2.24, 2.45) is 0 Å². The molecule has 0 bridgehead atoms. The van der Waals surface area contributed by atoms with Crippen molar-refractivity contribution in [2.75, 3.05) is 19.4 Å². The molecule has 2 aromatic rings. The second-order valence-electron chi connectivity index (χ2n) is 5.91. The van der Waals surface area contributed by atoms with Crippen LogP contribution in [0.25, 0.3) is 0 Å². The number of halogens is 2. The maximum atomic E-state index is 12.0. The zero-order valence-electron chi connectivity index (χ0n) is 15.2. The Hall–Kier alpha value is -1.69. The standard InChI is InChI=1S/C20H21Cl2NO3S/c1-13(24)15-4-6-19(26-2)16(9-15)11-27-12-20(25)23-8-7-14-3-5-17(21)10-18(14)22/h3-6,9-10H,7-8,11-12H2,1-2H3,(H,23,25). The molecule has 0 saturated heterocycles. The van der Waals surface area contributed by atoms with E-state index in [1.165, 1.54) is 18.7 Å². The molecule has 2 aromatic carbocycles. The van der Waals surface area contributed by atoms with Crippen LogP contribution in [0.1, 0.15) is 28.4 Å². The average Bonchev–Trinajstić information content (AvgIpc) is 2.63. The van der Waals surface area contributed by atoms with Gasteiger partial charge in [0, 0.05) is 33.5 Å². The Morgan fingerprint density at radius 3 is 2.56 bits per heavy atom. The molecule has 4 nitrogen and oxygen atoms in total. The highest BCUT2D eigenvalue weighted by Gasteiger charge is 2.09. The zero-order valence-corrected chi connectivity index (χ0v) is 17.5. The second-order valence-corrected chi connectivity index (χ2v) is 7.74. The third-order valence-corrected chi connectivity index (χ3v) is 5.48. The van der Waals surface area contributed by atoms with Gasteiger partial charge in [-0.3, -0.25) is 9.59 Å². The minimum Gasteiger partial charge on any atom is -0.496 e. The van der Waals surface area contributed by atoms with Gasteiger partial charge in [-0.1, -0.05) is 29.3 Å². The topological polar surface area (TPSA) is 55.4 Å². The monoisotopic (exact) mass is 425 g/mol. The Balaban J connectivity index is 1.79. The molecule has 1 N–H and O–H groups in total. The third kappa shape index (κ3) is 6.76. The summed E-state index contributed by atoms with van der Waals surface area (Å²) in [5.41, 5.74) is 2.48. The summed E-state index contributed by atoms with van der Waals surface area (Å²) in [6.07, 6.45) is 0.640. The van der Waals surface area contributed by atoms with Gasteiger partial charge in [0.15, 0.2) is 5.78 Å². The number of nitrogens with one attached hydrogen (secondary N) is 1. The van der Waals surface area contributed by atoms with Crippen molar-refractivity contribution in [3.8, 4) is 5.75 Å². The van der Waals surface area contributed by atoms with Crippen LogP contribution in [-0.4, -0.2) is 31.1 Å². The maximum absolute atomic E-state index is 12.0. The third-order valence-electron chi connectivity index (χ3n) is 3.91. The Kier molecular flexibility index (Phi) is 8.48. The van der Waals surface area contributed by atoms with Crippen LogP contribution in [0.3, 0.4) is 0 Å². The number of ether oxygens (including phenoxy) is 1. The molecule has 0 saturated carbocycles. The molecule has 0 aliphatic carbocycles. The fourth-order valence-corrected chi connectivity index (χ4v) is 3.81.